The Morgan fingerprint density at radius 3 is 2.62 bits per heavy atom. The van der Waals surface area contributed by atoms with Crippen molar-refractivity contribution in [3.8, 4) is 0 Å². The molecule has 2 aromatic rings. The summed E-state index contributed by atoms with van der Waals surface area (Å²) in [6.07, 6.45) is 10.9. The molecule has 0 bridgehead atoms. The van der Waals surface area contributed by atoms with E-state index in [2.05, 4.69) is 4.98 Å². The highest BCUT2D eigenvalue weighted by atomic mass is 19.2. The lowest BCUT2D eigenvalue weighted by atomic mass is 9.87. The average Bonchev–Trinajstić information content (AvgIpc) is 2.95. The lowest BCUT2D eigenvalue weighted by Gasteiger charge is -2.21. The molecule has 1 fully saturated rings. The predicted octanol–water partition coefficient (Wildman–Crippen LogP) is 5.54. The van der Waals surface area contributed by atoms with Gasteiger partial charge in [0.05, 0.1) is 11.4 Å². The van der Waals surface area contributed by atoms with E-state index in [9.17, 15) is 8.78 Å². The first kappa shape index (κ1) is 15.8. The van der Waals surface area contributed by atoms with Crippen molar-refractivity contribution in [2.45, 2.75) is 57.8 Å². The molecule has 1 heterocycles. The number of aromatic nitrogens is 1. The van der Waals surface area contributed by atoms with Gasteiger partial charge in [0, 0.05) is 23.5 Å². The second kappa shape index (κ2) is 6.66. The molecule has 1 N–H and O–H groups in total. The van der Waals surface area contributed by atoms with E-state index in [1.165, 1.54) is 50.7 Å². The standard InChI is InChI=1S/C20H24F2N2/c21-16-11-15-14-7-4-8-18(20(14)24-19(15)12-17(16)22)23-10-9-13-5-2-1-3-6-13/h11-13,24H,1-10H2/b23-18+. The van der Waals surface area contributed by atoms with E-state index < -0.39 is 11.6 Å². The predicted molar refractivity (Wildman–Crippen MR) is 93.7 cm³/mol. The zero-order valence-electron chi connectivity index (χ0n) is 14.0. The first-order valence-electron chi connectivity index (χ1n) is 9.25. The summed E-state index contributed by atoms with van der Waals surface area (Å²) in [7, 11) is 0. The summed E-state index contributed by atoms with van der Waals surface area (Å²) < 4.78 is 27.1. The van der Waals surface area contributed by atoms with Gasteiger partial charge < -0.3 is 4.98 Å². The van der Waals surface area contributed by atoms with E-state index >= 15 is 0 Å². The lowest BCUT2D eigenvalue weighted by Crippen LogP contribution is -2.13. The van der Waals surface area contributed by atoms with Gasteiger partial charge in [-0.3, -0.25) is 4.99 Å². The third-order valence-corrected chi connectivity index (χ3v) is 5.64. The Labute approximate surface area is 141 Å². The molecule has 0 aliphatic heterocycles. The summed E-state index contributed by atoms with van der Waals surface area (Å²) in [5, 5.41) is 0.809. The molecule has 0 unspecified atom stereocenters. The number of fused-ring (bicyclic) bond motifs is 3. The van der Waals surface area contributed by atoms with Gasteiger partial charge in [0.25, 0.3) is 0 Å². The van der Waals surface area contributed by atoms with E-state index in [1.807, 2.05) is 0 Å². The number of nitrogens with zero attached hydrogens (tertiary/aromatic N) is 1. The SMILES string of the molecule is Fc1cc2[nH]c3c(c2cc1F)CCC/C3=N\CCC1CCCCC1. The van der Waals surface area contributed by atoms with Gasteiger partial charge in [0.1, 0.15) is 0 Å². The number of aliphatic imine (C=N–C) groups is 1. The largest absolute Gasteiger partial charge is 0.353 e. The minimum absolute atomic E-state index is 0.681. The highest BCUT2D eigenvalue weighted by Crippen LogP contribution is 2.31. The molecule has 24 heavy (non-hydrogen) atoms. The quantitative estimate of drug-likeness (QED) is 0.765. The Morgan fingerprint density at radius 1 is 1.00 bits per heavy atom. The Bertz CT molecular complexity index is 770. The fourth-order valence-electron chi connectivity index (χ4n) is 4.32. The summed E-state index contributed by atoms with van der Waals surface area (Å²) in [4.78, 5) is 8.14. The molecule has 4 heteroatoms. The van der Waals surface area contributed by atoms with Crippen LogP contribution < -0.4 is 0 Å². The van der Waals surface area contributed by atoms with Gasteiger partial charge in [-0.15, -0.1) is 0 Å². The van der Waals surface area contributed by atoms with Crippen molar-refractivity contribution in [2.75, 3.05) is 6.54 Å². The molecule has 0 radical (unpaired) electrons. The van der Waals surface area contributed by atoms with Gasteiger partial charge in [0.15, 0.2) is 11.6 Å². The van der Waals surface area contributed by atoms with E-state index in [4.69, 9.17) is 4.99 Å². The molecule has 4 rings (SSSR count). The Balaban J connectivity index is 1.57. The van der Waals surface area contributed by atoms with Crippen LogP contribution in [0.3, 0.4) is 0 Å². The number of hydrogen-bond donors (Lipinski definition) is 1. The molecule has 0 saturated heterocycles. The van der Waals surface area contributed by atoms with Crippen molar-refractivity contribution in [1.82, 2.24) is 4.98 Å². The van der Waals surface area contributed by atoms with Crippen LogP contribution >= 0.6 is 0 Å². The minimum Gasteiger partial charge on any atom is -0.353 e. The summed E-state index contributed by atoms with van der Waals surface area (Å²) in [6.45, 7) is 0.873. The maximum atomic E-state index is 13.6. The summed E-state index contributed by atoms with van der Waals surface area (Å²) >= 11 is 0. The van der Waals surface area contributed by atoms with Crippen LogP contribution in [0.4, 0.5) is 8.78 Å². The number of H-pyrrole nitrogens is 1. The van der Waals surface area contributed by atoms with Crippen molar-refractivity contribution in [3.63, 3.8) is 0 Å². The van der Waals surface area contributed by atoms with Crippen LogP contribution in [0.1, 0.15) is 62.6 Å². The van der Waals surface area contributed by atoms with Crippen LogP contribution in [0.2, 0.25) is 0 Å². The van der Waals surface area contributed by atoms with Crippen LogP contribution in [0.15, 0.2) is 17.1 Å². The van der Waals surface area contributed by atoms with Crippen LogP contribution in [-0.2, 0) is 6.42 Å². The summed E-state index contributed by atoms with van der Waals surface area (Å²) in [5.41, 5.74) is 3.88. The number of aromatic amines is 1. The third-order valence-electron chi connectivity index (χ3n) is 5.64. The zero-order chi connectivity index (χ0) is 16.5. The van der Waals surface area contributed by atoms with Crippen molar-refractivity contribution in [2.24, 2.45) is 10.9 Å². The third kappa shape index (κ3) is 2.99. The van der Waals surface area contributed by atoms with Crippen molar-refractivity contribution in [3.05, 3.63) is 35.0 Å². The summed E-state index contributed by atoms with van der Waals surface area (Å²) in [5.74, 6) is -0.736. The Morgan fingerprint density at radius 2 is 1.79 bits per heavy atom. The van der Waals surface area contributed by atoms with Crippen LogP contribution in [0, 0.1) is 17.6 Å². The summed E-state index contributed by atoms with van der Waals surface area (Å²) in [6, 6.07) is 2.59. The van der Waals surface area contributed by atoms with Gasteiger partial charge >= 0.3 is 0 Å². The minimum atomic E-state index is -0.795. The molecule has 1 aromatic heterocycles. The molecule has 0 spiro atoms. The first-order chi connectivity index (χ1) is 11.7. The first-order valence-corrected chi connectivity index (χ1v) is 9.25. The number of aryl methyl sites for hydroxylation is 1. The van der Waals surface area contributed by atoms with E-state index in [-0.39, 0.29) is 0 Å². The van der Waals surface area contributed by atoms with Crippen LogP contribution in [-0.4, -0.2) is 17.2 Å². The van der Waals surface area contributed by atoms with Crippen molar-refractivity contribution < 1.29 is 8.78 Å². The van der Waals surface area contributed by atoms with Gasteiger partial charge in [0.2, 0.25) is 0 Å². The Hall–Kier alpha value is -1.71. The monoisotopic (exact) mass is 330 g/mol. The number of rotatable bonds is 3. The molecular formula is C20H24F2N2. The fraction of sp³-hybridized carbons (Fsp3) is 0.550. The topological polar surface area (TPSA) is 28.1 Å². The fourth-order valence-corrected chi connectivity index (χ4v) is 4.32. The molecular weight excluding hydrogens is 306 g/mol. The lowest BCUT2D eigenvalue weighted by molar-refractivity contribution is 0.343. The second-order valence-corrected chi connectivity index (χ2v) is 7.27. The van der Waals surface area contributed by atoms with E-state index in [0.29, 0.717) is 5.52 Å². The highest BCUT2D eigenvalue weighted by molar-refractivity contribution is 6.06. The molecule has 2 nitrogen and oxygen atoms in total. The molecule has 0 atom stereocenters. The maximum Gasteiger partial charge on any atom is 0.160 e. The zero-order valence-corrected chi connectivity index (χ0v) is 14.0. The van der Waals surface area contributed by atoms with E-state index in [0.717, 1.165) is 54.1 Å². The number of hydrogen-bond acceptors (Lipinski definition) is 1. The molecule has 2 aliphatic rings. The van der Waals surface area contributed by atoms with Gasteiger partial charge in [-0.05, 0) is 43.2 Å². The molecule has 2 aliphatic carbocycles. The van der Waals surface area contributed by atoms with Crippen LogP contribution in [0.25, 0.3) is 10.9 Å². The molecule has 1 saturated carbocycles. The highest BCUT2D eigenvalue weighted by Gasteiger charge is 2.22. The molecule has 0 amide bonds. The maximum absolute atomic E-state index is 13.6. The second-order valence-electron chi connectivity index (χ2n) is 7.27. The smallest absolute Gasteiger partial charge is 0.160 e. The van der Waals surface area contributed by atoms with Gasteiger partial charge in [-0.25, -0.2) is 8.78 Å². The molecule has 1 aromatic carbocycles. The number of benzene rings is 1. The normalized spacial score (nSPS) is 20.7. The van der Waals surface area contributed by atoms with E-state index in [1.54, 1.807) is 0 Å². The van der Waals surface area contributed by atoms with Crippen molar-refractivity contribution in [1.29, 1.82) is 0 Å². The Kier molecular flexibility index (Phi) is 4.38. The van der Waals surface area contributed by atoms with Gasteiger partial charge in [-0.2, -0.15) is 0 Å². The van der Waals surface area contributed by atoms with Gasteiger partial charge in [-0.1, -0.05) is 32.1 Å². The van der Waals surface area contributed by atoms with Crippen molar-refractivity contribution >= 4 is 16.6 Å². The average molecular weight is 330 g/mol. The number of halogens is 2. The molecule has 128 valence electrons. The number of nitrogens with one attached hydrogen (secondary N) is 1. The van der Waals surface area contributed by atoms with Crippen LogP contribution in [0.5, 0.6) is 0 Å².